The number of carboxylic acids is 1. The number of hydrogen-bond donors (Lipinski definition) is 2. The molecular weight excluding hydrogens is 222 g/mol. The minimum Gasteiger partial charge on any atom is -0.478 e. The molecule has 2 aliphatic heterocycles. The van der Waals surface area contributed by atoms with Crippen LogP contribution in [0.25, 0.3) is 0 Å². The van der Waals surface area contributed by atoms with Gasteiger partial charge in [-0.1, -0.05) is 0 Å². The SMILES string of the molecule is O=C(O)c1c2c(cc3c1OCO3)CCNCC2. The van der Waals surface area contributed by atoms with E-state index in [1.807, 2.05) is 6.07 Å². The molecule has 0 radical (unpaired) electrons. The Labute approximate surface area is 98.3 Å². The second kappa shape index (κ2) is 3.92. The van der Waals surface area contributed by atoms with Gasteiger partial charge in [0.1, 0.15) is 5.56 Å². The molecule has 1 aromatic carbocycles. The molecule has 0 aliphatic carbocycles. The fourth-order valence-corrected chi connectivity index (χ4v) is 2.43. The Morgan fingerprint density at radius 2 is 2.12 bits per heavy atom. The lowest BCUT2D eigenvalue weighted by molar-refractivity contribution is 0.0691. The van der Waals surface area contributed by atoms with Crippen LogP contribution in [0.4, 0.5) is 0 Å². The van der Waals surface area contributed by atoms with Crippen LogP contribution >= 0.6 is 0 Å². The van der Waals surface area contributed by atoms with Crippen molar-refractivity contribution in [2.45, 2.75) is 12.8 Å². The first-order valence-electron chi connectivity index (χ1n) is 5.65. The first kappa shape index (κ1) is 10.4. The molecule has 0 saturated heterocycles. The summed E-state index contributed by atoms with van der Waals surface area (Å²) < 4.78 is 10.6. The topological polar surface area (TPSA) is 67.8 Å². The molecule has 90 valence electrons. The minimum absolute atomic E-state index is 0.108. The molecule has 5 heteroatoms. The van der Waals surface area contributed by atoms with Crippen molar-refractivity contribution in [1.82, 2.24) is 5.32 Å². The van der Waals surface area contributed by atoms with E-state index in [0.29, 0.717) is 17.9 Å². The van der Waals surface area contributed by atoms with Crippen molar-refractivity contribution in [1.29, 1.82) is 0 Å². The summed E-state index contributed by atoms with van der Waals surface area (Å²) in [7, 11) is 0. The molecule has 2 aliphatic rings. The van der Waals surface area contributed by atoms with Gasteiger partial charge in [-0.25, -0.2) is 4.79 Å². The molecule has 2 heterocycles. The Kier molecular flexibility index (Phi) is 2.40. The molecule has 0 bridgehead atoms. The third kappa shape index (κ3) is 1.63. The van der Waals surface area contributed by atoms with Crippen molar-refractivity contribution in [2.75, 3.05) is 19.9 Å². The predicted molar refractivity (Wildman–Crippen MR) is 59.8 cm³/mol. The molecule has 5 nitrogen and oxygen atoms in total. The van der Waals surface area contributed by atoms with Crippen LogP contribution < -0.4 is 14.8 Å². The van der Waals surface area contributed by atoms with Gasteiger partial charge in [-0.15, -0.1) is 0 Å². The number of fused-ring (bicyclic) bond motifs is 2. The number of carboxylic acid groups (broad SMARTS) is 1. The summed E-state index contributed by atoms with van der Waals surface area (Å²) in [5.74, 6) is 0.00620. The lowest BCUT2D eigenvalue weighted by Gasteiger charge is -2.11. The molecule has 0 saturated carbocycles. The average molecular weight is 235 g/mol. The summed E-state index contributed by atoms with van der Waals surface area (Å²) in [6.07, 6.45) is 1.54. The second-order valence-corrected chi connectivity index (χ2v) is 4.18. The van der Waals surface area contributed by atoms with E-state index in [9.17, 15) is 9.90 Å². The van der Waals surface area contributed by atoms with Crippen LogP contribution in [0.15, 0.2) is 6.07 Å². The lowest BCUT2D eigenvalue weighted by atomic mass is 9.95. The fraction of sp³-hybridized carbons (Fsp3) is 0.417. The first-order chi connectivity index (χ1) is 8.27. The Bertz CT molecular complexity index is 484. The smallest absolute Gasteiger partial charge is 0.339 e. The number of hydrogen-bond acceptors (Lipinski definition) is 4. The van der Waals surface area contributed by atoms with E-state index in [-0.39, 0.29) is 12.4 Å². The van der Waals surface area contributed by atoms with Crippen molar-refractivity contribution in [3.05, 3.63) is 22.8 Å². The van der Waals surface area contributed by atoms with Gasteiger partial charge < -0.3 is 19.9 Å². The van der Waals surface area contributed by atoms with E-state index in [4.69, 9.17) is 9.47 Å². The summed E-state index contributed by atoms with van der Waals surface area (Å²) in [6, 6.07) is 1.91. The van der Waals surface area contributed by atoms with Crippen molar-refractivity contribution in [2.24, 2.45) is 0 Å². The summed E-state index contributed by atoms with van der Waals surface area (Å²) >= 11 is 0. The van der Waals surface area contributed by atoms with Gasteiger partial charge in [-0.2, -0.15) is 0 Å². The quantitative estimate of drug-likeness (QED) is 0.753. The van der Waals surface area contributed by atoms with Gasteiger partial charge in [0.15, 0.2) is 11.5 Å². The molecule has 17 heavy (non-hydrogen) atoms. The maximum Gasteiger partial charge on any atom is 0.339 e. The standard InChI is InChI=1S/C12H13NO4/c14-12(15)10-8-2-4-13-3-1-7(8)5-9-11(10)17-6-16-9/h5,13H,1-4,6H2,(H,14,15). The van der Waals surface area contributed by atoms with Gasteiger partial charge in [0.2, 0.25) is 6.79 Å². The Balaban J connectivity index is 2.22. The second-order valence-electron chi connectivity index (χ2n) is 4.18. The highest BCUT2D eigenvalue weighted by molar-refractivity contribution is 5.94. The predicted octanol–water partition coefficient (Wildman–Crippen LogP) is 0.802. The van der Waals surface area contributed by atoms with E-state index >= 15 is 0 Å². The van der Waals surface area contributed by atoms with Crippen LogP contribution in [-0.4, -0.2) is 31.0 Å². The van der Waals surface area contributed by atoms with E-state index < -0.39 is 5.97 Å². The number of carbonyl (C=O) groups is 1. The minimum atomic E-state index is -0.939. The number of benzene rings is 1. The summed E-state index contributed by atoms with van der Waals surface area (Å²) in [5, 5.41) is 12.6. The number of rotatable bonds is 1. The fourth-order valence-electron chi connectivity index (χ4n) is 2.43. The zero-order valence-corrected chi connectivity index (χ0v) is 9.28. The van der Waals surface area contributed by atoms with Gasteiger partial charge >= 0.3 is 5.97 Å². The molecular formula is C12H13NO4. The van der Waals surface area contributed by atoms with E-state index in [1.165, 1.54) is 0 Å². The van der Waals surface area contributed by atoms with Crippen molar-refractivity contribution in [3.8, 4) is 11.5 Å². The highest BCUT2D eigenvalue weighted by Crippen LogP contribution is 2.40. The largest absolute Gasteiger partial charge is 0.478 e. The highest BCUT2D eigenvalue weighted by Gasteiger charge is 2.28. The van der Waals surface area contributed by atoms with Crippen molar-refractivity contribution >= 4 is 5.97 Å². The van der Waals surface area contributed by atoms with Crippen LogP contribution in [0.1, 0.15) is 21.5 Å². The molecule has 3 rings (SSSR count). The average Bonchev–Trinajstić information content (AvgIpc) is 2.62. The first-order valence-corrected chi connectivity index (χ1v) is 5.65. The zero-order valence-electron chi connectivity index (χ0n) is 9.28. The maximum absolute atomic E-state index is 11.4. The van der Waals surface area contributed by atoms with E-state index in [2.05, 4.69) is 5.32 Å². The van der Waals surface area contributed by atoms with E-state index in [0.717, 1.165) is 30.6 Å². The number of ether oxygens (including phenoxy) is 2. The van der Waals surface area contributed by atoms with Gasteiger partial charge in [0.25, 0.3) is 0 Å². The third-order valence-corrected chi connectivity index (χ3v) is 3.20. The van der Waals surface area contributed by atoms with Gasteiger partial charge in [-0.05, 0) is 43.1 Å². The Morgan fingerprint density at radius 3 is 2.94 bits per heavy atom. The molecule has 0 unspecified atom stereocenters. The summed E-state index contributed by atoms with van der Waals surface area (Å²) in [4.78, 5) is 11.4. The maximum atomic E-state index is 11.4. The van der Waals surface area contributed by atoms with Gasteiger partial charge in [0, 0.05) is 0 Å². The monoisotopic (exact) mass is 235 g/mol. The summed E-state index contributed by atoms with van der Waals surface area (Å²) in [6.45, 7) is 1.77. The highest BCUT2D eigenvalue weighted by atomic mass is 16.7. The van der Waals surface area contributed by atoms with Crippen LogP contribution in [-0.2, 0) is 12.8 Å². The zero-order chi connectivity index (χ0) is 11.8. The molecule has 0 atom stereocenters. The molecule has 0 fully saturated rings. The summed E-state index contributed by atoms with van der Waals surface area (Å²) in [5.41, 5.74) is 2.21. The molecule has 1 aromatic rings. The van der Waals surface area contributed by atoms with Gasteiger partial charge in [0.05, 0.1) is 0 Å². The number of aromatic carboxylic acids is 1. The van der Waals surface area contributed by atoms with Crippen LogP contribution in [0, 0.1) is 0 Å². The van der Waals surface area contributed by atoms with Gasteiger partial charge in [-0.3, -0.25) is 0 Å². The van der Waals surface area contributed by atoms with E-state index in [1.54, 1.807) is 0 Å². The Hall–Kier alpha value is -1.75. The molecule has 0 spiro atoms. The molecule has 0 amide bonds. The normalized spacial score (nSPS) is 17.4. The number of nitrogens with one attached hydrogen (secondary N) is 1. The lowest BCUT2D eigenvalue weighted by Crippen LogP contribution is -2.16. The van der Waals surface area contributed by atoms with Crippen molar-refractivity contribution < 1.29 is 19.4 Å². The van der Waals surface area contributed by atoms with Crippen LogP contribution in [0.5, 0.6) is 11.5 Å². The third-order valence-electron chi connectivity index (χ3n) is 3.20. The molecule has 0 aromatic heterocycles. The van der Waals surface area contributed by atoms with Crippen LogP contribution in [0.2, 0.25) is 0 Å². The Morgan fingerprint density at radius 1 is 1.29 bits per heavy atom. The molecule has 2 N–H and O–H groups in total. The van der Waals surface area contributed by atoms with Crippen molar-refractivity contribution in [3.63, 3.8) is 0 Å². The van der Waals surface area contributed by atoms with Crippen LogP contribution in [0.3, 0.4) is 0 Å².